The molecule has 2 aliphatic heterocycles. The van der Waals surface area contributed by atoms with E-state index in [1.165, 1.54) is 4.90 Å². The van der Waals surface area contributed by atoms with Gasteiger partial charge in [0.1, 0.15) is 13.2 Å². The van der Waals surface area contributed by atoms with Crippen molar-refractivity contribution in [2.24, 2.45) is 0 Å². The highest BCUT2D eigenvalue weighted by Crippen LogP contribution is 2.11. The van der Waals surface area contributed by atoms with E-state index in [2.05, 4.69) is 9.97 Å². The lowest BCUT2D eigenvalue weighted by Crippen LogP contribution is -2.51. The molecule has 0 saturated carbocycles. The number of rotatable bonds is 3. The molecule has 2 fully saturated rings. The average Bonchev–Trinajstić information content (AvgIpc) is 2.93. The summed E-state index contributed by atoms with van der Waals surface area (Å²) in [6.07, 6.45) is 3.01. The first-order chi connectivity index (χ1) is 10.2. The smallest absolute Gasteiger partial charge is 0.410 e. The van der Waals surface area contributed by atoms with Crippen LogP contribution in [0, 0.1) is 0 Å². The van der Waals surface area contributed by atoms with E-state index in [1.807, 2.05) is 4.90 Å². The topological polar surface area (TPSA) is 78.9 Å². The molecule has 1 aromatic heterocycles. The number of hydrogen-bond donors (Lipinski definition) is 0. The van der Waals surface area contributed by atoms with Crippen LogP contribution < -0.4 is 4.90 Å². The van der Waals surface area contributed by atoms with Crippen molar-refractivity contribution in [3.8, 4) is 0 Å². The Balaban J connectivity index is 1.51. The van der Waals surface area contributed by atoms with Crippen molar-refractivity contribution in [2.75, 3.05) is 50.8 Å². The highest BCUT2D eigenvalue weighted by Gasteiger charge is 2.28. The summed E-state index contributed by atoms with van der Waals surface area (Å²) in [5.74, 6) is 0.648. The predicted molar refractivity (Wildman–Crippen MR) is 73.7 cm³/mol. The molecule has 0 atom stereocenters. The quantitative estimate of drug-likeness (QED) is 0.752. The number of hydrogen-bond acceptors (Lipinski definition) is 6. The number of anilines is 1. The number of carbonyl (C=O) groups is 2. The summed E-state index contributed by atoms with van der Waals surface area (Å²) >= 11 is 0. The molecule has 8 heteroatoms. The summed E-state index contributed by atoms with van der Waals surface area (Å²) in [5, 5.41) is 0. The van der Waals surface area contributed by atoms with Crippen LogP contribution >= 0.6 is 0 Å². The molecular weight excluding hydrogens is 274 g/mol. The Morgan fingerprint density at radius 3 is 2.48 bits per heavy atom. The minimum atomic E-state index is -0.403. The van der Waals surface area contributed by atoms with E-state index in [0.717, 1.165) is 0 Å². The van der Waals surface area contributed by atoms with Gasteiger partial charge in [0.2, 0.25) is 11.9 Å². The third-order valence-corrected chi connectivity index (χ3v) is 3.64. The van der Waals surface area contributed by atoms with Gasteiger partial charge in [-0.15, -0.1) is 0 Å². The van der Waals surface area contributed by atoms with E-state index in [-0.39, 0.29) is 12.5 Å². The SMILES string of the molecule is O=C(CN1CCOC1=O)N1CCN(c2ncccn2)CC1. The zero-order valence-corrected chi connectivity index (χ0v) is 11.6. The molecule has 3 heterocycles. The van der Waals surface area contributed by atoms with Crippen LogP contribution in [-0.4, -0.2) is 77.6 Å². The van der Waals surface area contributed by atoms with Crippen LogP contribution in [0.1, 0.15) is 0 Å². The largest absolute Gasteiger partial charge is 0.448 e. The van der Waals surface area contributed by atoms with Crippen molar-refractivity contribution < 1.29 is 14.3 Å². The molecule has 0 N–H and O–H groups in total. The maximum Gasteiger partial charge on any atom is 0.410 e. The second-order valence-corrected chi connectivity index (χ2v) is 4.95. The van der Waals surface area contributed by atoms with E-state index in [9.17, 15) is 9.59 Å². The molecule has 0 bridgehead atoms. The summed E-state index contributed by atoms with van der Waals surface area (Å²) in [6.45, 7) is 3.56. The van der Waals surface area contributed by atoms with Gasteiger partial charge >= 0.3 is 6.09 Å². The number of cyclic esters (lactones) is 1. The van der Waals surface area contributed by atoms with E-state index >= 15 is 0 Å². The van der Waals surface area contributed by atoms with E-state index in [4.69, 9.17) is 4.74 Å². The molecule has 112 valence electrons. The van der Waals surface area contributed by atoms with Gasteiger partial charge < -0.3 is 14.5 Å². The van der Waals surface area contributed by atoms with Crippen LogP contribution in [0.5, 0.6) is 0 Å². The number of piperazine rings is 1. The molecule has 2 amide bonds. The molecular formula is C13H17N5O3. The molecule has 1 aromatic rings. The van der Waals surface area contributed by atoms with Gasteiger partial charge in [0.15, 0.2) is 0 Å². The van der Waals surface area contributed by atoms with Gasteiger partial charge in [-0.1, -0.05) is 0 Å². The highest BCUT2D eigenvalue weighted by molar-refractivity contribution is 5.83. The highest BCUT2D eigenvalue weighted by atomic mass is 16.6. The van der Waals surface area contributed by atoms with E-state index < -0.39 is 6.09 Å². The van der Waals surface area contributed by atoms with Crippen LogP contribution in [0.15, 0.2) is 18.5 Å². The zero-order valence-electron chi connectivity index (χ0n) is 11.6. The van der Waals surface area contributed by atoms with Crippen molar-refractivity contribution in [1.82, 2.24) is 19.8 Å². The summed E-state index contributed by atoms with van der Waals surface area (Å²) in [5.41, 5.74) is 0. The predicted octanol–water partition coefficient (Wildman–Crippen LogP) is -0.423. The van der Waals surface area contributed by atoms with Gasteiger partial charge in [0, 0.05) is 38.6 Å². The molecule has 8 nitrogen and oxygen atoms in total. The number of nitrogens with zero attached hydrogens (tertiary/aromatic N) is 5. The van der Waals surface area contributed by atoms with Crippen LogP contribution in [-0.2, 0) is 9.53 Å². The first-order valence-electron chi connectivity index (χ1n) is 6.95. The second-order valence-electron chi connectivity index (χ2n) is 4.95. The molecule has 2 saturated heterocycles. The molecule has 3 rings (SSSR count). The van der Waals surface area contributed by atoms with Gasteiger partial charge in [-0.2, -0.15) is 0 Å². The lowest BCUT2D eigenvalue weighted by atomic mass is 10.3. The fraction of sp³-hybridized carbons (Fsp3) is 0.538. The average molecular weight is 291 g/mol. The third-order valence-electron chi connectivity index (χ3n) is 3.64. The normalized spacial score (nSPS) is 18.9. The number of carbonyl (C=O) groups excluding carboxylic acids is 2. The minimum Gasteiger partial charge on any atom is -0.448 e. The van der Waals surface area contributed by atoms with Crippen molar-refractivity contribution in [1.29, 1.82) is 0 Å². The van der Waals surface area contributed by atoms with Gasteiger partial charge in [0.05, 0.1) is 6.54 Å². The maximum atomic E-state index is 12.2. The Bertz CT molecular complexity index is 516. The summed E-state index contributed by atoms with van der Waals surface area (Å²) in [6, 6.07) is 1.78. The Morgan fingerprint density at radius 1 is 1.14 bits per heavy atom. The van der Waals surface area contributed by atoms with Gasteiger partial charge in [-0.05, 0) is 6.07 Å². The molecule has 0 unspecified atom stereocenters. The minimum absolute atomic E-state index is 0.0394. The van der Waals surface area contributed by atoms with Crippen molar-refractivity contribution in [3.63, 3.8) is 0 Å². The van der Waals surface area contributed by atoms with Crippen LogP contribution in [0.4, 0.5) is 10.7 Å². The molecule has 2 aliphatic rings. The van der Waals surface area contributed by atoms with Crippen LogP contribution in [0.2, 0.25) is 0 Å². The van der Waals surface area contributed by atoms with Crippen molar-refractivity contribution >= 4 is 17.9 Å². The monoisotopic (exact) mass is 291 g/mol. The Kier molecular flexibility index (Phi) is 3.85. The lowest BCUT2D eigenvalue weighted by molar-refractivity contribution is -0.132. The van der Waals surface area contributed by atoms with Gasteiger partial charge in [-0.3, -0.25) is 9.69 Å². The fourth-order valence-electron chi connectivity index (χ4n) is 2.44. The number of ether oxygens (including phenoxy) is 1. The third kappa shape index (κ3) is 3.04. The molecule has 21 heavy (non-hydrogen) atoms. The summed E-state index contributed by atoms with van der Waals surface area (Å²) in [4.78, 5) is 37.2. The van der Waals surface area contributed by atoms with Crippen molar-refractivity contribution in [3.05, 3.63) is 18.5 Å². The van der Waals surface area contributed by atoms with E-state index in [1.54, 1.807) is 23.4 Å². The molecule has 0 aromatic carbocycles. The molecule has 0 radical (unpaired) electrons. The molecule has 0 aliphatic carbocycles. The maximum absolute atomic E-state index is 12.2. The van der Waals surface area contributed by atoms with E-state index in [0.29, 0.717) is 45.3 Å². The Morgan fingerprint density at radius 2 is 1.86 bits per heavy atom. The van der Waals surface area contributed by atoms with Gasteiger partial charge in [-0.25, -0.2) is 14.8 Å². The fourth-order valence-corrected chi connectivity index (χ4v) is 2.44. The summed E-state index contributed by atoms with van der Waals surface area (Å²) < 4.78 is 4.82. The van der Waals surface area contributed by atoms with Crippen molar-refractivity contribution in [2.45, 2.75) is 0 Å². The number of aromatic nitrogens is 2. The first-order valence-corrected chi connectivity index (χ1v) is 6.95. The second kappa shape index (κ2) is 5.94. The van der Waals surface area contributed by atoms with Crippen LogP contribution in [0.25, 0.3) is 0 Å². The van der Waals surface area contributed by atoms with Gasteiger partial charge in [0.25, 0.3) is 0 Å². The van der Waals surface area contributed by atoms with Crippen LogP contribution in [0.3, 0.4) is 0 Å². The lowest BCUT2D eigenvalue weighted by Gasteiger charge is -2.35. The number of amides is 2. The standard InChI is InChI=1S/C13H17N5O3/c19-11(10-18-8-9-21-13(18)20)16-4-6-17(7-5-16)12-14-2-1-3-15-12/h1-3H,4-10H2. The first kappa shape index (κ1) is 13.6. The molecule has 0 spiro atoms. The Hall–Kier alpha value is -2.38. The summed E-state index contributed by atoms with van der Waals surface area (Å²) in [7, 11) is 0. The Labute approximate surface area is 122 Å². The zero-order chi connectivity index (χ0) is 14.7.